The highest BCUT2D eigenvalue weighted by molar-refractivity contribution is 6.29. The number of anilines is 1. The van der Waals surface area contributed by atoms with Crippen molar-refractivity contribution in [2.24, 2.45) is 5.92 Å². The normalized spacial score (nSPS) is 10.5. The zero-order chi connectivity index (χ0) is 9.84. The van der Waals surface area contributed by atoms with E-state index in [2.05, 4.69) is 29.1 Å². The predicted molar refractivity (Wildman–Crippen MR) is 55.1 cm³/mol. The lowest BCUT2D eigenvalue weighted by atomic mass is 10.2. The van der Waals surface area contributed by atoms with E-state index in [1.54, 1.807) is 6.07 Å². The first-order valence-electron chi connectivity index (χ1n) is 4.33. The van der Waals surface area contributed by atoms with E-state index in [-0.39, 0.29) is 0 Å². The highest BCUT2D eigenvalue weighted by Crippen LogP contribution is 2.11. The average molecular weight is 200 g/mol. The fraction of sp³-hybridized carbons (Fsp3) is 0.556. The SMILES string of the molecule is Cc1nc(Cl)cc(NCC(C)C)n1. The molecule has 0 saturated heterocycles. The summed E-state index contributed by atoms with van der Waals surface area (Å²) in [7, 11) is 0. The summed E-state index contributed by atoms with van der Waals surface area (Å²) in [6.07, 6.45) is 0. The van der Waals surface area contributed by atoms with Gasteiger partial charge in [0.2, 0.25) is 0 Å². The molecule has 0 aromatic carbocycles. The summed E-state index contributed by atoms with van der Waals surface area (Å²) in [4.78, 5) is 8.18. The first kappa shape index (κ1) is 10.3. The van der Waals surface area contributed by atoms with E-state index in [9.17, 15) is 0 Å². The Morgan fingerprint density at radius 2 is 2.15 bits per heavy atom. The summed E-state index contributed by atoms with van der Waals surface area (Å²) in [5.41, 5.74) is 0. The van der Waals surface area contributed by atoms with Gasteiger partial charge in [0.15, 0.2) is 0 Å². The number of aromatic nitrogens is 2. The molecule has 0 bridgehead atoms. The summed E-state index contributed by atoms with van der Waals surface area (Å²) in [5, 5.41) is 3.68. The van der Waals surface area contributed by atoms with Crippen LogP contribution in [-0.2, 0) is 0 Å². The fourth-order valence-electron chi connectivity index (χ4n) is 0.931. The maximum atomic E-state index is 5.77. The van der Waals surface area contributed by atoms with Crippen molar-refractivity contribution in [3.8, 4) is 0 Å². The van der Waals surface area contributed by atoms with Crippen molar-refractivity contribution >= 4 is 17.4 Å². The van der Waals surface area contributed by atoms with Crippen LogP contribution < -0.4 is 5.32 Å². The van der Waals surface area contributed by atoms with Gasteiger partial charge < -0.3 is 5.32 Å². The van der Waals surface area contributed by atoms with Crippen LogP contribution in [0.4, 0.5) is 5.82 Å². The van der Waals surface area contributed by atoms with Crippen molar-refractivity contribution in [3.63, 3.8) is 0 Å². The second-order valence-electron chi connectivity index (χ2n) is 3.40. The summed E-state index contributed by atoms with van der Waals surface area (Å²) >= 11 is 5.77. The lowest BCUT2D eigenvalue weighted by Crippen LogP contribution is -2.09. The van der Waals surface area contributed by atoms with E-state index in [0.29, 0.717) is 16.9 Å². The van der Waals surface area contributed by atoms with Crippen molar-refractivity contribution in [3.05, 3.63) is 17.0 Å². The second-order valence-corrected chi connectivity index (χ2v) is 3.79. The minimum Gasteiger partial charge on any atom is -0.370 e. The van der Waals surface area contributed by atoms with Gasteiger partial charge in [0.05, 0.1) is 0 Å². The van der Waals surface area contributed by atoms with Gasteiger partial charge in [-0.05, 0) is 12.8 Å². The van der Waals surface area contributed by atoms with Crippen LogP contribution in [0, 0.1) is 12.8 Å². The molecular weight excluding hydrogens is 186 g/mol. The molecular formula is C9H14ClN3. The zero-order valence-electron chi connectivity index (χ0n) is 8.13. The molecule has 0 fully saturated rings. The van der Waals surface area contributed by atoms with Crippen LogP contribution in [0.5, 0.6) is 0 Å². The standard InChI is InChI=1S/C9H14ClN3/c1-6(2)5-11-9-4-8(10)12-7(3)13-9/h4,6H,5H2,1-3H3,(H,11,12,13). The molecule has 0 aliphatic rings. The number of nitrogens with one attached hydrogen (secondary N) is 1. The maximum absolute atomic E-state index is 5.77. The Morgan fingerprint density at radius 3 is 2.69 bits per heavy atom. The summed E-state index contributed by atoms with van der Waals surface area (Å²) in [6.45, 7) is 7.00. The van der Waals surface area contributed by atoms with Gasteiger partial charge >= 0.3 is 0 Å². The molecule has 0 radical (unpaired) electrons. The highest BCUT2D eigenvalue weighted by Gasteiger charge is 1.99. The Labute approximate surface area is 83.5 Å². The van der Waals surface area contributed by atoms with E-state index >= 15 is 0 Å². The minimum atomic E-state index is 0.485. The van der Waals surface area contributed by atoms with Crippen LogP contribution in [-0.4, -0.2) is 16.5 Å². The van der Waals surface area contributed by atoms with Gasteiger partial charge in [-0.1, -0.05) is 25.4 Å². The number of aryl methyl sites for hydroxylation is 1. The molecule has 13 heavy (non-hydrogen) atoms. The van der Waals surface area contributed by atoms with E-state index in [1.165, 1.54) is 0 Å². The van der Waals surface area contributed by atoms with Crippen molar-refractivity contribution in [2.75, 3.05) is 11.9 Å². The van der Waals surface area contributed by atoms with Crippen LogP contribution >= 0.6 is 11.6 Å². The van der Waals surface area contributed by atoms with Crippen molar-refractivity contribution in [1.82, 2.24) is 9.97 Å². The average Bonchev–Trinajstić information content (AvgIpc) is 1.99. The minimum absolute atomic E-state index is 0.485. The summed E-state index contributed by atoms with van der Waals surface area (Å²) < 4.78 is 0. The molecule has 72 valence electrons. The van der Waals surface area contributed by atoms with E-state index in [0.717, 1.165) is 12.4 Å². The number of nitrogens with zero attached hydrogens (tertiary/aromatic N) is 2. The van der Waals surface area contributed by atoms with Crippen molar-refractivity contribution in [1.29, 1.82) is 0 Å². The number of hydrogen-bond donors (Lipinski definition) is 1. The lowest BCUT2D eigenvalue weighted by molar-refractivity contribution is 0.686. The van der Waals surface area contributed by atoms with E-state index in [4.69, 9.17) is 11.6 Å². The Bertz CT molecular complexity index is 266. The van der Waals surface area contributed by atoms with Crippen LogP contribution in [0.3, 0.4) is 0 Å². The van der Waals surface area contributed by atoms with Crippen LogP contribution in [0.1, 0.15) is 19.7 Å². The molecule has 1 aromatic heterocycles. The smallest absolute Gasteiger partial charge is 0.134 e. The molecule has 0 unspecified atom stereocenters. The maximum Gasteiger partial charge on any atom is 0.134 e. The Hall–Kier alpha value is -0.830. The molecule has 1 heterocycles. The van der Waals surface area contributed by atoms with E-state index < -0.39 is 0 Å². The first-order chi connectivity index (χ1) is 6.08. The van der Waals surface area contributed by atoms with Crippen molar-refractivity contribution in [2.45, 2.75) is 20.8 Å². The molecule has 1 aromatic rings. The van der Waals surface area contributed by atoms with Gasteiger partial charge in [0, 0.05) is 12.6 Å². The molecule has 0 amide bonds. The van der Waals surface area contributed by atoms with Crippen LogP contribution in [0.25, 0.3) is 0 Å². The van der Waals surface area contributed by atoms with Gasteiger partial charge in [0.1, 0.15) is 16.8 Å². The molecule has 0 aliphatic heterocycles. The quantitative estimate of drug-likeness (QED) is 0.761. The number of hydrogen-bond acceptors (Lipinski definition) is 3. The zero-order valence-corrected chi connectivity index (χ0v) is 8.89. The molecule has 4 heteroatoms. The molecule has 0 saturated carbocycles. The van der Waals surface area contributed by atoms with Gasteiger partial charge in [-0.3, -0.25) is 0 Å². The Kier molecular flexibility index (Phi) is 3.48. The van der Waals surface area contributed by atoms with Gasteiger partial charge in [0.25, 0.3) is 0 Å². The van der Waals surface area contributed by atoms with Crippen molar-refractivity contribution < 1.29 is 0 Å². The Morgan fingerprint density at radius 1 is 1.46 bits per heavy atom. The Balaban J connectivity index is 2.66. The third-order valence-corrected chi connectivity index (χ3v) is 1.69. The van der Waals surface area contributed by atoms with Crippen LogP contribution in [0.15, 0.2) is 6.07 Å². The van der Waals surface area contributed by atoms with Gasteiger partial charge in [-0.25, -0.2) is 9.97 Å². The molecule has 3 nitrogen and oxygen atoms in total. The third kappa shape index (κ3) is 3.59. The number of rotatable bonds is 3. The topological polar surface area (TPSA) is 37.8 Å². The van der Waals surface area contributed by atoms with E-state index in [1.807, 2.05) is 6.92 Å². The van der Waals surface area contributed by atoms with Gasteiger partial charge in [-0.15, -0.1) is 0 Å². The molecule has 1 rings (SSSR count). The largest absolute Gasteiger partial charge is 0.370 e. The van der Waals surface area contributed by atoms with Gasteiger partial charge in [-0.2, -0.15) is 0 Å². The lowest BCUT2D eigenvalue weighted by Gasteiger charge is -2.08. The molecule has 0 atom stereocenters. The number of halogens is 1. The summed E-state index contributed by atoms with van der Waals surface area (Å²) in [6, 6.07) is 1.73. The highest BCUT2D eigenvalue weighted by atomic mass is 35.5. The summed E-state index contributed by atoms with van der Waals surface area (Å²) in [5.74, 6) is 2.08. The third-order valence-electron chi connectivity index (χ3n) is 1.50. The molecule has 1 N–H and O–H groups in total. The van der Waals surface area contributed by atoms with Crippen LogP contribution in [0.2, 0.25) is 5.15 Å². The predicted octanol–water partition coefficient (Wildman–Crippen LogP) is 2.51. The monoisotopic (exact) mass is 199 g/mol. The first-order valence-corrected chi connectivity index (χ1v) is 4.71. The second kappa shape index (κ2) is 4.42. The molecule has 0 aliphatic carbocycles. The fourth-order valence-corrected chi connectivity index (χ4v) is 1.16. The molecule has 0 spiro atoms.